The van der Waals surface area contributed by atoms with Crippen LogP contribution in [0.4, 0.5) is 0 Å². The summed E-state index contributed by atoms with van der Waals surface area (Å²) >= 11 is 0. The Labute approximate surface area is 112 Å². The van der Waals surface area contributed by atoms with Gasteiger partial charge in [-0.25, -0.2) is 0 Å². The van der Waals surface area contributed by atoms with Crippen molar-refractivity contribution in [1.29, 1.82) is 0 Å². The van der Waals surface area contributed by atoms with Crippen molar-refractivity contribution in [1.82, 2.24) is 0 Å². The molecule has 0 N–H and O–H groups in total. The van der Waals surface area contributed by atoms with Crippen molar-refractivity contribution >= 4 is 16.8 Å². The van der Waals surface area contributed by atoms with E-state index in [2.05, 4.69) is 4.74 Å². The molecule has 1 aliphatic rings. The average Bonchev–Trinajstić information content (AvgIpc) is 3.06. The van der Waals surface area contributed by atoms with Crippen molar-refractivity contribution in [2.75, 3.05) is 25.7 Å². The van der Waals surface area contributed by atoms with Gasteiger partial charge in [0.05, 0.1) is 19.1 Å². The molecular formula is C13H24O4S. The SMILES string of the molecule is COC(=O)CC1(CS(=O)CCC(C)(C)OC)CC1. The van der Waals surface area contributed by atoms with Gasteiger partial charge in [-0.3, -0.25) is 9.00 Å². The molecule has 0 aliphatic heterocycles. The summed E-state index contributed by atoms with van der Waals surface area (Å²) in [4.78, 5) is 11.3. The lowest BCUT2D eigenvalue weighted by molar-refractivity contribution is -0.141. The Morgan fingerprint density at radius 1 is 1.33 bits per heavy atom. The maximum absolute atomic E-state index is 12.0. The second kappa shape index (κ2) is 6.15. The lowest BCUT2D eigenvalue weighted by atomic mass is 10.1. The van der Waals surface area contributed by atoms with E-state index >= 15 is 0 Å². The van der Waals surface area contributed by atoms with E-state index in [0.29, 0.717) is 17.9 Å². The Bertz CT molecular complexity index is 321. The summed E-state index contributed by atoms with van der Waals surface area (Å²) in [5, 5.41) is 0. The molecule has 0 amide bonds. The number of ether oxygens (including phenoxy) is 2. The summed E-state index contributed by atoms with van der Waals surface area (Å²) in [6.07, 6.45) is 3.15. The van der Waals surface area contributed by atoms with Crippen molar-refractivity contribution in [2.24, 2.45) is 5.41 Å². The van der Waals surface area contributed by atoms with E-state index in [1.54, 1.807) is 7.11 Å². The Morgan fingerprint density at radius 3 is 2.39 bits per heavy atom. The molecule has 0 saturated heterocycles. The first kappa shape index (κ1) is 15.6. The highest BCUT2D eigenvalue weighted by Gasteiger charge is 2.45. The fourth-order valence-electron chi connectivity index (χ4n) is 1.80. The molecule has 0 aromatic heterocycles. The van der Waals surface area contributed by atoms with Crippen molar-refractivity contribution in [2.45, 2.75) is 45.1 Å². The van der Waals surface area contributed by atoms with Gasteiger partial charge in [0.2, 0.25) is 0 Å². The van der Waals surface area contributed by atoms with Gasteiger partial charge in [0.15, 0.2) is 0 Å². The monoisotopic (exact) mass is 276 g/mol. The van der Waals surface area contributed by atoms with Gasteiger partial charge in [-0.2, -0.15) is 0 Å². The second-order valence-corrected chi connectivity index (χ2v) is 7.33. The topological polar surface area (TPSA) is 52.6 Å². The van der Waals surface area contributed by atoms with Crippen molar-refractivity contribution in [3.63, 3.8) is 0 Å². The molecule has 0 spiro atoms. The van der Waals surface area contributed by atoms with Gasteiger partial charge < -0.3 is 9.47 Å². The maximum Gasteiger partial charge on any atom is 0.306 e. The standard InChI is InChI=1S/C13H24O4S/c1-12(2,17-4)7-8-18(15)10-13(5-6-13)9-11(14)16-3/h5-10H2,1-4H3. The van der Waals surface area contributed by atoms with Gasteiger partial charge in [-0.1, -0.05) is 0 Å². The minimum atomic E-state index is -0.881. The number of hydrogen-bond donors (Lipinski definition) is 0. The Kier molecular flexibility index (Phi) is 5.34. The second-order valence-electron chi connectivity index (χ2n) is 5.76. The van der Waals surface area contributed by atoms with Gasteiger partial charge in [0.25, 0.3) is 0 Å². The predicted octanol–water partition coefficient (Wildman–Crippen LogP) is 1.89. The number of carbonyl (C=O) groups is 1. The Morgan fingerprint density at radius 2 is 1.94 bits per heavy atom. The predicted molar refractivity (Wildman–Crippen MR) is 71.9 cm³/mol. The van der Waals surface area contributed by atoms with Crippen LogP contribution >= 0.6 is 0 Å². The number of methoxy groups -OCH3 is 2. The van der Waals surface area contributed by atoms with Crippen LogP contribution in [0.5, 0.6) is 0 Å². The van der Waals surface area contributed by atoms with Crippen molar-refractivity contribution < 1.29 is 18.5 Å². The molecule has 5 heteroatoms. The summed E-state index contributed by atoms with van der Waals surface area (Å²) in [6, 6.07) is 0. The minimum absolute atomic E-state index is 0.0465. The average molecular weight is 276 g/mol. The molecular weight excluding hydrogens is 252 g/mol. The third kappa shape index (κ3) is 5.06. The smallest absolute Gasteiger partial charge is 0.306 e. The molecule has 0 heterocycles. The van der Waals surface area contributed by atoms with Gasteiger partial charge in [-0.05, 0) is 38.5 Å². The molecule has 1 aliphatic carbocycles. The highest BCUT2D eigenvalue weighted by atomic mass is 32.2. The lowest BCUT2D eigenvalue weighted by Gasteiger charge is -2.23. The number of esters is 1. The minimum Gasteiger partial charge on any atom is -0.469 e. The molecule has 1 saturated carbocycles. The van der Waals surface area contributed by atoms with Crippen LogP contribution in [0, 0.1) is 5.41 Å². The first-order valence-corrected chi connectivity index (χ1v) is 7.78. The fraction of sp³-hybridized carbons (Fsp3) is 0.923. The van der Waals surface area contributed by atoms with Crippen LogP contribution < -0.4 is 0 Å². The number of rotatable bonds is 8. The summed E-state index contributed by atoms with van der Waals surface area (Å²) in [6.45, 7) is 3.98. The fourth-order valence-corrected chi connectivity index (χ4v) is 3.74. The maximum atomic E-state index is 12.0. The summed E-state index contributed by atoms with van der Waals surface area (Å²) in [7, 11) is 2.19. The van der Waals surface area contributed by atoms with E-state index in [9.17, 15) is 9.00 Å². The van der Waals surface area contributed by atoms with Gasteiger partial charge >= 0.3 is 5.97 Å². The van der Waals surface area contributed by atoms with Crippen LogP contribution in [0.1, 0.15) is 39.5 Å². The van der Waals surface area contributed by atoms with Gasteiger partial charge in [0, 0.05) is 29.4 Å². The largest absolute Gasteiger partial charge is 0.469 e. The number of hydrogen-bond acceptors (Lipinski definition) is 4. The van der Waals surface area contributed by atoms with E-state index in [1.165, 1.54) is 7.11 Å². The third-order valence-corrected chi connectivity index (χ3v) is 5.25. The quantitative estimate of drug-likeness (QED) is 0.635. The third-order valence-electron chi connectivity index (χ3n) is 3.66. The van der Waals surface area contributed by atoms with Gasteiger partial charge in [0.1, 0.15) is 0 Å². The molecule has 106 valence electrons. The van der Waals surface area contributed by atoms with E-state index in [-0.39, 0.29) is 17.0 Å². The van der Waals surface area contributed by atoms with Crippen LogP contribution in [0.3, 0.4) is 0 Å². The zero-order valence-electron chi connectivity index (χ0n) is 11.8. The normalized spacial score (nSPS) is 19.3. The zero-order valence-corrected chi connectivity index (χ0v) is 12.6. The molecule has 0 bridgehead atoms. The summed E-state index contributed by atoms with van der Waals surface area (Å²) < 4.78 is 22.0. The number of carbonyl (C=O) groups excluding carboxylic acids is 1. The Hall–Kier alpha value is -0.420. The van der Waals surface area contributed by atoms with E-state index in [0.717, 1.165) is 19.3 Å². The van der Waals surface area contributed by atoms with Crippen LogP contribution in [0.25, 0.3) is 0 Å². The first-order valence-electron chi connectivity index (χ1n) is 6.29. The van der Waals surface area contributed by atoms with E-state index < -0.39 is 10.8 Å². The zero-order chi connectivity index (χ0) is 13.8. The molecule has 1 unspecified atom stereocenters. The molecule has 1 atom stereocenters. The van der Waals surface area contributed by atoms with E-state index in [1.807, 2.05) is 13.8 Å². The highest BCUT2D eigenvalue weighted by Crippen LogP contribution is 2.49. The molecule has 1 fully saturated rings. The lowest BCUT2D eigenvalue weighted by Crippen LogP contribution is -2.27. The summed E-state index contributed by atoms with van der Waals surface area (Å²) in [5.41, 5.74) is -0.274. The summed E-state index contributed by atoms with van der Waals surface area (Å²) in [5.74, 6) is 1.05. The van der Waals surface area contributed by atoms with Gasteiger partial charge in [-0.15, -0.1) is 0 Å². The van der Waals surface area contributed by atoms with Crippen LogP contribution in [0.2, 0.25) is 0 Å². The molecule has 18 heavy (non-hydrogen) atoms. The Balaban J connectivity index is 2.34. The van der Waals surface area contributed by atoms with Crippen LogP contribution in [-0.2, 0) is 25.1 Å². The molecule has 4 nitrogen and oxygen atoms in total. The van der Waals surface area contributed by atoms with Crippen LogP contribution in [0.15, 0.2) is 0 Å². The molecule has 0 radical (unpaired) electrons. The van der Waals surface area contributed by atoms with Crippen LogP contribution in [-0.4, -0.2) is 41.5 Å². The molecule has 1 rings (SSSR count). The first-order chi connectivity index (χ1) is 8.32. The van der Waals surface area contributed by atoms with Crippen molar-refractivity contribution in [3.8, 4) is 0 Å². The van der Waals surface area contributed by atoms with Crippen molar-refractivity contribution in [3.05, 3.63) is 0 Å². The van der Waals surface area contributed by atoms with E-state index in [4.69, 9.17) is 4.74 Å². The molecule has 0 aromatic carbocycles. The highest BCUT2D eigenvalue weighted by molar-refractivity contribution is 7.85. The molecule has 0 aromatic rings.